The van der Waals surface area contributed by atoms with Crippen molar-refractivity contribution in [1.82, 2.24) is 4.57 Å². The second-order valence-corrected chi connectivity index (χ2v) is 5.68. The molecular formula is C17H20N2O2. The van der Waals surface area contributed by atoms with E-state index in [4.69, 9.17) is 10.5 Å². The molecule has 3 rings (SSSR count). The molecule has 1 aliphatic carbocycles. The predicted molar refractivity (Wildman–Crippen MR) is 82.4 cm³/mol. The molecule has 0 aliphatic heterocycles. The Morgan fingerprint density at radius 3 is 2.76 bits per heavy atom. The van der Waals surface area contributed by atoms with E-state index in [-0.39, 0.29) is 5.91 Å². The molecule has 1 saturated carbocycles. The van der Waals surface area contributed by atoms with Crippen LogP contribution in [0.2, 0.25) is 0 Å². The van der Waals surface area contributed by atoms with Crippen LogP contribution in [0, 0.1) is 12.8 Å². The third kappa shape index (κ3) is 2.66. The van der Waals surface area contributed by atoms with E-state index in [9.17, 15) is 4.79 Å². The van der Waals surface area contributed by atoms with Crippen molar-refractivity contribution in [2.24, 2.45) is 11.7 Å². The zero-order chi connectivity index (χ0) is 15.0. The fourth-order valence-corrected chi connectivity index (χ4v) is 2.71. The standard InChI is InChI=1S/C17H20N2O2/c1-11-15(17(18)20)9-16(19(11)10-12-6-7-12)13-4-3-5-14(8-13)21-2/h3-5,8-9,12H,6-7,10H2,1-2H3,(H2,18,20). The smallest absolute Gasteiger partial charge is 0.250 e. The van der Waals surface area contributed by atoms with Gasteiger partial charge in [-0.2, -0.15) is 0 Å². The van der Waals surface area contributed by atoms with Crippen LogP contribution >= 0.6 is 0 Å². The first-order valence-corrected chi connectivity index (χ1v) is 7.24. The predicted octanol–water partition coefficient (Wildman–Crippen LogP) is 2.98. The van der Waals surface area contributed by atoms with Gasteiger partial charge in [-0.25, -0.2) is 0 Å². The second-order valence-electron chi connectivity index (χ2n) is 5.68. The molecule has 1 aromatic carbocycles. The Balaban J connectivity index is 2.10. The van der Waals surface area contributed by atoms with Gasteiger partial charge in [0.1, 0.15) is 5.75 Å². The average Bonchev–Trinajstić information content (AvgIpc) is 3.23. The second kappa shape index (κ2) is 5.28. The van der Waals surface area contributed by atoms with Gasteiger partial charge in [0.05, 0.1) is 12.7 Å². The molecule has 0 atom stereocenters. The van der Waals surface area contributed by atoms with Gasteiger partial charge in [0.15, 0.2) is 0 Å². The van der Waals surface area contributed by atoms with Gasteiger partial charge in [-0.15, -0.1) is 0 Å². The maximum Gasteiger partial charge on any atom is 0.250 e. The molecule has 1 fully saturated rings. The molecule has 0 spiro atoms. The lowest BCUT2D eigenvalue weighted by atomic mass is 10.1. The number of primary amides is 1. The number of hydrogen-bond donors (Lipinski definition) is 1. The zero-order valence-corrected chi connectivity index (χ0v) is 12.4. The summed E-state index contributed by atoms with van der Waals surface area (Å²) < 4.78 is 7.51. The number of nitrogens with zero attached hydrogens (tertiary/aromatic N) is 1. The highest BCUT2D eigenvalue weighted by molar-refractivity contribution is 5.95. The minimum absolute atomic E-state index is 0.369. The van der Waals surface area contributed by atoms with Gasteiger partial charge in [0, 0.05) is 23.5 Å². The first-order valence-electron chi connectivity index (χ1n) is 7.24. The summed E-state index contributed by atoms with van der Waals surface area (Å²) in [7, 11) is 1.66. The Hall–Kier alpha value is -2.23. The molecule has 1 heterocycles. The van der Waals surface area contributed by atoms with E-state index in [2.05, 4.69) is 4.57 Å². The summed E-state index contributed by atoms with van der Waals surface area (Å²) in [6, 6.07) is 9.80. The van der Waals surface area contributed by atoms with Crippen LogP contribution in [0.15, 0.2) is 30.3 Å². The molecular weight excluding hydrogens is 264 g/mol. The lowest BCUT2D eigenvalue weighted by molar-refractivity contribution is 0.0999. The molecule has 4 heteroatoms. The minimum atomic E-state index is -0.369. The maximum absolute atomic E-state index is 11.6. The van der Waals surface area contributed by atoms with Crippen molar-refractivity contribution in [1.29, 1.82) is 0 Å². The Labute approximate surface area is 124 Å². The normalized spacial score (nSPS) is 14.2. The summed E-state index contributed by atoms with van der Waals surface area (Å²) in [6.45, 7) is 2.91. The van der Waals surface area contributed by atoms with Crippen molar-refractivity contribution in [2.75, 3.05) is 7.11 Å². The van der Waals surface area contributed by atoms with Gasteiger partial charge in [-0.3, -0.25) is 4.79 Å². The van der Waals surface area contributed by atoms with E-state index in [0.29, 0.717) is 5.56 Å². The number of methoxy groups -OCH3 is 1. The van der Waals surface area contributed by atoms with Crippen LogP contribution in [0.3, 0.4) is 0 Å². The average molecular weight is 284 g/mol. The first kappa shape index (κ1) is 13.7. The molecule has 0 bridgehead atoms. The largest absolute Gasteiger partial charge is 0.497 e. The van der Waals surface area contributed by atoms with Gasteiger partial charge in [-0.05, 0) is 43.9 Å². The molecule has 0 radical (unpaired) electrons. The first-order chi connectivity index (χ1) is 10.1. The lowest BCUT2D eigenvalue weighted by Gasteiger charge is -2.12. The molecule has 21 heavy (non-hydrogen) atoms. The Morgan fingerprint density at radius 1 is 1.38 bits per heavy atom. The van der Waals surface area contributed by atoms with E-state index >= 15 is 0 Å². The van der Waals surface area contributed by atoms with E-state index in [1.54, 1.807) is 7.11 Å². The third-order valence-corrected chi connectivity index (χ3v) is 4.14. The van der Waals surface area contributed by atoms with Crippen molar-refractivity contribution < 1.29 is 9.53 Å². The van der Waals surface area contributed by atoms with Crippen LogP contribution in [0.4, 0.5) is 0 Å². The zero-order valence-electron chi connectivity index (χ0n) is 12.4. The van der Waals surface area contributed by atoms with Gasteiger partial charge >= 0.3 is 0 Å². The fraction of sp³-hybridized carbons (Fsp3) is 0.353. The van der Waals surface area contributed by atoms with Crippen LogP contribution in [0.25, 0.3) is 11.3 Å². The van der Waals surface area contributed by atoms with Gasteiger partial charge < -0.3 is 15.0 Å². The van der Waals surface area contributed by atoms with Gasteiger partial charge in [0.25, 0.3) is 5.91 Å². The number of carbonyl (C=O) groups is 1. The number of nitrogens with two attached hydrogens (primary N) is 1. The molecule has 110 valence electrons. The Kier molecular flexibility index (Phi) is 3.45. The van der Waals surface area contributed by atoms with Crippen molar-refractivity contribution in [2.45, 2.75) is 26.3 Å². The monoisotopic (exact) mass is 284 g/mol. The highest BCUT2D eigenvalue weighted by atomic mass is 16.5. The lowest BCUT2D eigenvalue weighted by Crippen LogP contribution is -2.12. The van der Waals surface area contributed by atoms with Crippen molar-refractivity contribution in [3.8, 4) is 17.0 Å². The topological polar surface area (TPSA) is 57.2 Å². The Bertz CT molecular complexity index is 684. The van der Waals surface area contributed by atoms with Crippen molar-refractivity contribution in [3.05, 3.63) is 41.6 Å². The quantitative estimate of drug-likeness (QED) is 0.917. The number of amides is 1. The summed E-state index contributed by atoms with van der Waals surface area (Å²) in [6.07, 6.45) is 2.53. The maximum atomic E-state index is 11.6. The minimum Gasteiger partial charge on any atom is -0.497 e. The van der Waals surface area contributed by atoms with Crippen LogP contribution in [0.1, 0.15) is 28.9 Å². The fourth-order valence-electron chi connectivity index (χ4n) is 2.71. The number of rotatable bonds is 5. The van der Waals surface area contributed by atoms with E-state index < -0.39 is 0 Å². The molecule has 1 aliphatic rings. The number of aromatic nitrogens is 1. The highest BCUT2D eigenvalue weighted by Gasteiger charge is 2.25. The van der Waals surface area contributed by atoms with Crippen molar-refractivity contribution in [3.63, 3.8) is 0 Å². The van der Waals surface area contributed by atoms with Crippen LogP contribution in [0.5, 0.6) is 5.75 Å². The van der Waals surface area contributed by atoms with E-state index in [0.717, 1.165) is 35.2 Å². The number of hydrogen-bond acceptors (Lipinski definition) is 2. The summed E-state index contributed by atoms with van der Waals surface area (Å²) in [5.74, 6) is 1.16. The summed E-state index contributed by atoms with van der Waals surface area (Å²) in [5.41, 5.74) is 9.14. The molecule has 0 saturated heterocycles. The van der Waals surface area contributed by atoms with Crippen LogP contribution in [-0.2, 0) is 6.54 Å². The summed E-state index contributed by atoms with van der Waals surface area (Å²) in [4.78, 5) is 11.6. The third-order valence-electron chi connectivity index (χ3n) is 4.14. The molecule has 1 aromatic heterocycles. The Morgan fingerprint density at radius 2 is 2.14 bits per heavy atom. The summed E-state index contributed by atoms with van der Waals surface area (Å²) >= 11 is 0. The number of ether oxygens (including phenoxy) is 1. The number of carbonyl (C=O) groups excluding carboxylic acids is 1. The van der Waals surface area contributed by atoms with E-state index in [1.165, 1.54) is 12.8 Å². The summed E-state index contributed by atoms with van der Waals surface area (Å²) in [5, 5.41) is 0. The highest BCUT2D eigenvalue weighted by Crippen LogP contribution is 2.35. The van der Waals surface area contributed by atoms with Gasteiger partial charge in [0.2, 0.25) is 0 Å². The van der Waals surface area contributed by atoms with Crippen LogP contribution < -0.4 is 10.5 Å². The van der Waals surface area contributed by atoms with Gasteiger partial charge in [-0.1, -0.05) is 12.1 Å². The molecule has 1 amide bonds. The van der Waals surface area contributed by atoms with Crippen LogP contribution in [-0.4, -0.2) is 17.6 Å². The number of benzene rings is 1. The molecule has 2 N–H and O–H groups in total. The molecule has 0 unspecified atom stereocenters. The van der Waals surface area contributed by atoms with Crippen molar-refractivity contribution >= 4 is 5.91 Å². The van der Waals surface area contributed by atoms with E-state index in [1.807, 2.05) is 37.3 Å². The molecule has 2 aromatic rings. The SMILES string of the molecule is COc1cccc(-c2cc(C(N)=O)c(C)n2CC2CC2)c1. The molecule has 4 nitrogen and oxygen atoms in total.